The van der Waals surface area contributed by atoms with Gasteiger partial charge in [0.05, 0.1) is 17.1 Å². The SMILES string of the molecule is CCC(CC)(CO)NC(=O)c1cccc(C)c1[N+](=O)[O-]. The van der Waals surface area contributed by atoms with Crippen LogP contribution in [-0.4, -0.2) is 28.1 Å². The molecule has 0 aliphatic rings. The lowest BCUT2D eigenvalue weighted by atomic mass is 9.93. The molecule has 6 heteroatoms. The zero-order chi connectivity index (χ0) is 15.3. The van der Waals surface area contributed by atoms with Gasteiger partial charge in [-0.1, -0.05) is 26.0 Å². The second kappa shape index (κ2) is 6.47. The lowest BCUT2D eigenvalue weighted by molar-refractivity contribution is -0.385. The van der Waals surface area contributed by atoms with Crippen LogP contribution in [-0.2, 0) is 0 Å². The number of aliphatic hydroxyl groups excluding tert-OH is 1. The Bertz CT molecular complexity index is 502. The van der Waals surface area contributed by atoms with Crippen molar-refractivity contribution < 1.29 is 14.8 Å². The minimum Gasteiger partial charge on any atom is -0.394 e. The summed E-state index contributed by atoms with van der Waals surface area (Å²) in [5.41, 5.74) is -0.474. The van der Waals surface area contributed by atoms with Crippen LogP contribution < -0.4 is 5.32 Å². The summed E-state index contributed by atoms with van der Waals surface area (Å²) < 4.78 is 0. The van der Waals surface area contributed by atoms with Crippen LogP contribution in [0.5, 0.6) is 0 Å². The smallest absolute Gasteiger partial charge is 0.285 e. The molecule has 0 spiro atoms. The average molecular weight is 280 g/mol. The molecule has 1 rings (SSSR count). The first-order valence-corrected chi connectivity index (χ1v) is 6.58. The van der Waals surface area contributed by atoms with E-state index in [0.717, 1.165) is 0 Å². The third kappa shape index (κ3) is 3.14. The standard InChI is InChI=1S/C14H20N2O4/c1-4-14(5-2,9-17)15-13(18)11-8-6-7-10(3)12(11)16(19)20/h6-8,17H,4-5,9H2,1-3H3,(H,15,18). The molecule has 0 aromatic heterocycles. The van der Waals surface area contributed by atoms with Crippen molar-refractivity contribution in [2.45, 2.75) is 39.2 Å². The Kier molecular flexibility index (Phi) is 5.21. The predicted octanol–water partition coefficient (Wildman–Crippen LogP) is 2.18. The first-order valence-electron chi connectivity index (χ1n) is 6.58. The fourth-order valence-electron chi connectivity index (χ4n) is 2.08. The van der Waals surface area contributed by atoms with Gasteiger partial charge in [-0.2, -0.15) is 0 Å². The molecule has 0 unspecified atom stereocenters. The van der Waals surface area contributed by atoms with Crippen molar-refractivity contribution in [3.05, 3.63) is 39.4 Å². The summed E-state index contributed by atoms with van der Waals surface area (Å²) in [6.07, 6.45) is 1.09. The number of nitrogens with zero attached hydrogens (tertiary/aromatic N) is 1. The third-order valence-corrected chi connectivity index (χ3v) is 3.70. The maximum Gasteiger partial charge on any atom is 0.285 e. The van der Waals surface area contributed by atoms with Crippen LogP contribution in [0, 0.1) is 17.0 Å². The monoisotopic (exact) mass is 280 g/mol. The van der Waals surface area contributed by atoms with E-state index in [1.165, 1.54) is 6.07 Å². The van der Waals surface area contributed by atoms with Crippen LogP contribution in [0.4, 0.5) is 5.69 Å². The van der Waals surface area contributed by atoms with Crippen molar-refractivity contribution in [1.82, 2.24) is 5.32 Å². The minimum atomic E-state index is -0.741. The van der Waals surface area contributed by atoms with E-state index in [4.69, 9.17) is 0 Å². The summed E-state index contributed by atoms with van der Waals surface area (Å²) >= 11 is 0. The van der Waals surface area contributed by atoms with Crippen LogP contribution in [0.25, 0.3) is 0 Å². The highest BCUT2D eigenvalue weighted by Crippen LogP contribution is 2.24. The molecule has 1 aromatic rings. The number of nitro benzene ring substituents is 1. The van der Waals surface area contributed by atoms with Gasteiger partial charge in [-0.25, -0.2) is 0 Å². The first kappa shape index (κ1) is 16.1. The quantitative estimate of drug-likeness (QED) is 0.617. The second-order valence-electron chi connectivity index (χ2n) is 4.83. The largest absolute Gasteiger partial charge is 0.394 e. The van der Waals surface area contributed by atoms with E-state index in [0.29, 0.717) is 18.4 Å². The van der Waals surface area contributed by atoms with Crippen molar-refractivity contribution in [2.24, 2.45) is 0 Å². The van der Waals surface area contributed by atoms with Crippen LogP contribution in [0.3, 0.4) is 0 Å². The van der Waals surface area contributed by atoms with Crippen molar-refractivity contribution >= 4 is 11.6 Å². The Balaban J connectivity index is 3.16. The van der Waals surface area contributed by atoms with Gasteiger partial charge >= 0.3 is 0 Å². The van der Waals surface area contributed by atoms with Crippen LogP contribution in [0.1, 0.15) is 42.6 Å². The topological polar surface area (TPSA) is 92.5 Å². The number of aryl methyl sites for hydroxylation is 1. The molecule has 0 aliphatic heterocycles. The lowest BCUT2D eigenvalue weighted by Crippen LogP contribution is -2.50. The van der Waals surface area contributed by atoms with E-state index in [1.54, 1.807) is 19.1 Å². The Morgan fingerprint density at radius 2 is 2.00 bits per heavy atom. The van der Waals surface area contributed by atoms with Gasteiger partial charge < -0.3 is 10.4 Å². The summed E-state index contributed by atoms with van der Waals surface area (Å²) in [6.45, 7) is 5.09. The molecule has 0 heterocycles. The Morgan fingerprint density at radius 3 is 2.45 bits per heavy atom. The molecule has 0 fully saturated rings. The van der Waals surface area contributed by atoms with Gasteiger partial charge in [-0.05, 0) is 25.8 Å². The van der Waals surface area contributed by atoms with Crippen molar-refractivity contribution in [2.75, 3.05) is 6.61 Å². The highest BCUT2D eigenvalue weighted by atomic mass is 16.6. The maximum absolute atomic E-state index is 12.3. The minimum absolute atomic E-state index is 0.0229. The zero-order valence-electron chi connectivity index (χ0n) is 12.0. The highest BCUT2D eigenvalue weighted by molar-refractivity contribution is 5.99. The van der Waals surface area contributed by atoms with E-state index in [1.807, 2.05) is 13.8 Å². The molecule has 1 aromatic carbocycles. The summed E-state index contributed by atoms with van der Waals surface area (Å²) in [5, 5.41) is 23.3. The molecule has 0 radical (unpaired) electrons. The van der Waals surface area contributed by atoms with E-state index >= 15 is 0 Å². The van der Waals surface area contributed by atoms with Crippen molar-refractivity contribution in [1.29, 1.82) is 0 Å². The fourth-order valence-corrected chi connectivity index (χ4v) is 2.08. The number of hydrogen-bond donors (Lipinski definition) is 2. The Labute approximate surface area is 118 Å². The van der Waals surface area contributed by atoms with E-state index in [-0.39, 0.29) is 17.9 Å². The third-order valence-electron chi connectivity index (χ3n) is 3.70. The van der Waals surface area contributed by atoms with Crippen LogP contribution in [0.2, 0.25) is 0 Å². The van der Waals surface area contributed by atoms with Gasteiger partial charge in [0.25, 0.3) is 11.6 Å². The summed E-state index contributed by atoms with van der Waals surface area (Å²) in [6, 6.07) is 4.62. The van der Waals surface area contributed by atoms with Crippen molar-refractivity contribution in [3.8, 4) is 0 Å². The molecular weight excluding hydrogens is 260 g/mol. The molecule has 0 aliphatic carbocycles. The molecule has 0 saturated heterocycles. The number of amides is 1. The van der Waals surface area contributed by atoms with Gasteiger partial charge in [0.15, 0.2) is 0 Å². The number of hydrogen-bond acceptors (Lipinski definition) is 4. The highest BCUT2D eigenvalue weighted by Gasteiger charge is 2.30. The summed E-state index contributed by atoms with van der Waals surface area (Å²) in [5.74, 6) is -0.529. The lowest BCUT2D eigenvalue weighted by Gasteiger charge is -2.30. The molecule has 0 atom stereocenters. The molecule has 20 heavy (non-hydrogen) atoms. The average Bonchev–Trinajstić information content (AvgIpc) is 2.44. The van der Waals surface area contributed by atoms with E-state index in [2.05, 4.69) is 5.32 Å². The Morgan fingerprint density at radius 1 is 1.40 bits per heavy atom. The maximum atomic E-state index is 12.3. The number of nitrogens with one attached hydrogen (secondary N) is 1. The predicted molar refractivity (Wildman–Crippen MR) is 75.7 cm³/mol. The van der Waals surface area contributed by atoms with Gasteiger partial charge in [-0.3, -0.25) is 14.9 Å². The van der Waals surface area contributed by atoms with Crippen LogP contribution in [0.15, 0.2) is 18.2 Å². The fraction of sp³-hybridized carbons (Fsp3) is 0.500. The number of para-hydroxylation sites is 1. The molecular formula is C14H20N2O4. The molecule has 110 valence electrons. The number of carbonyl (C=O) groups excluding carboxylic acids is 1. The van der Waals surface area contributed by atoms with E-state index in [9.17, 15) is 20.0 Å². The number of carbonyl (C=O) groups is 1. The first-order chi connectivity index (χ1) is 9.40. The molecule has 2 N–H and O–H groups in total. The number of nitro groups is 1. The number of rotatable bonds is 6. The van der Waals surface area contributed by atoms with Gasteiger partial charge in [0.1, 0.15) is 5.56 Å². The second-order valence-corrected chi connectivity index (χ2v) is 4.83. The Hall–Kier alpha value is -1.95. The summed E-state index contributed by atoms with van der Waals surface area (Å²) in [4.78, 5) is 22.8. The van der Waals surface area contributed by atoms with Gasteiger partial charge in [0, 0.05) is 5.56 Å². The molecule has 1 amide bonds. The molecule has 0 saturated carbocycles. The van der Waals surface area contributed by atoms with Gasteiger partial charge in [-0.15, -0.1) is 0 Å². The molecule has 0 bridgehead atoms. The number of benzene rings is 1. The van der Waals surface area contributed by atoms with Gasteiger partial charge in [0.2, 0.25) is 0 Å². The zero-order valence-corrected chi connectivity index (χ0v) is 12.0. The normalized spacial score (nSPS) is 11.2. The summed E-state index contributed by atoms with van der Waals surface area (Å²) in [7, 11) is 0. The molecule has 6 nitrogen and oxygen atoms in total. The number of aliphatic hydroxyl groups is 1. The van der Waals surface area contributed by atoms with E-state index < -0.39 is 16.4 Å². The van der Waals surface area contributed by atoms with Crippen molar-refractivity contribution in [3.63, 3.8) is 0 Å². The van der Waals surface area contributed by atoms with Crippen LogP contribution >= 0.6 is 0 Å².